The van der Waals surface area contributed by atoms with Gasteiger partial charge in [0.1, 0.15) is 11.5 Å². The summed E-state index contributed by atoms with van der Waals surface area (Å²) in [5.41, 5.74) is 1.22. The van der Waals surface area contributed by atoms with E-state index in [1.807, 2.05) is 24.3 Å². The number of hydrogen-bond donors (Lipinski definition) is 1. The summed E-state index contributed by atoms with van der Waals surface area (Å²) in [7, 11) is 0. The molecular weight excluding hydrogens is 329 g/mol. The maximum atomic E-state index is 6.05. The molecule has 0 aliphatic heterocycles. The Labute approximate surface area is 149 Å². The quantitative estimate of drug-likeness (QED) is 0.658. The van der Waals surface area contributed by atoms with Crippen molar-refractivity contribution in [3.05, 3.63) is 46.1 Å². The molecule has 0 spiro atoms. The van der Waals surface area contributed by atoms with E-state index in [2.05, 4.69) is 39.9 Å². The lowest BCUT2D eigenvalue weighted by Gasteiger charge is -2.33. The zero-order valence-electron chi connectivity index (χ0n) is 14.5. The van der Waals surface area contributed by atoms with Gasteiger partial charge in [0.2, 0.25) is 0 Å². The van der Waals surface area contributed by atoms with Crippen molar-refractivity contribution in [1.29, 1.82) is 0 Å². The average Bonchev–Trinajstić information content (AvgIpc) is 2.81. The molecular formula is C19H25Cl2NO. The van der Waals surface area contributed by atoms with Crippen molar-refractivity contribution in [1.82, 2.24) is 5.32 Å². The van der Waals surface area contributed by atoms with Gasteiger partial charge in [0.15, 0.2) is 0 Å². The summed E-state index contributed by atoms with van der Waals surface area (Å²) in [6.45, 7) is 11.9. The highest BCUT2D eigenvalue weighted by molar-refractivity contribution is 6.35. The molecule has 2 aromatic rings. The highest BCUT2D eigenvalue weighted by Gasteiger charge is 2.25. The van der Waals surface area contributed by atoms with E-state index in [-0.39, 0.29) is 11.0 Å². The second kappa shape index (κ2) is 6.88. The molecule has 4 heteroatoms. The van der Waals surface area contributed by atoms with E-state index in [4.69, 9.17) is 27.6 Å². The molecule has 0 saturated heterocycles. The largest absolute Gasteiger partial charge is 0.460 e. The van der Waals surface area contributed by atoms with Crippen LogP contribution >= 0.6 is 23.2 Å². The molecule has 0 atom stereocenters. The first-order chi connectivity index (χ1) is 10.5. The molecule has 0 saturated carbocycles. The van der Waals surface area contributed by atoms with Crippen LogP contribution in [0, 0.1) is 5.41 Å². The third-order valence-corrected chi connectivity index (χ3v) is 3.96. The summed E-state index contributed by atoms with van der Waals surface area (Å²) in [5, 5.41) is 4.79. The van der Waals surface area contributed by atoms with E-state index in [9.17, 15) is 0 Å². The minimum atomic E-state index is 0.0462. The van der Waals surface area contributed by atoms with E-state index in [1.165, 1.54) is 0 Å². The summed E-state index contributed by atoms with van der Waals surface area (Å²) in [6, 6.07) is 9.37. The molecule has 2 rings (SSSR count). The lowest BCUT2D eigenvalue weighted by Crippen LogP contribution is -2.41. The Morgan fingerprint density at radius 2 is 1.57 bits per heavy atom. The molecule has 126 valence electrons. The van der Waals surface area contributed by atoms with Gasteiger partial charge in [0, 0.05) is 21.1 Å². The third-order valence-electron chi connectivity index (χ3n) is 3.52. The van der Waals surface area contributed by atoms with Crippen molar-refractivity contribution in [2.75, 3.05) is 0 Å². The lowest BCUT2D eigenvalue weighted by molar-refractivity contribution is 0.236. The first-order valence-electron chi connectivity index (χ1n) is 7.84. The summed E-state index contributed by atoms with van der Waals surface area (Å²) in [4.78, 5) is 0. The van der Waals surface area contributed by atoms with Gasteiger partial charge >= 0.3 is 0 Å². The van der Waals surface area contributed by atoms with E-state index in [0.717, 1.165) is 23.5 Å². The molecule has 0 radical (unpaired) electrons. The highest BCUT2D eigenvalue weighted by atomic mass is 35.5. The Balaban J connectivity index is 2.05. The van der Waals surface area contributed by atoms with Gasteiger partial charge in [0.05, 0.1) is 6.54 Å². The van der Waals surface area contributed by atoms with Crippen molar-refractivity contribution in [3.63, 3.8) is 0 Å². The van der Waals surface area contributed by atoms with Gasteiger partial charge in [0.25, 0.3) is 0 Å². The minimum Gasteiger partial charge on any atom is -0.460 e. The van der Waals surface area contributed by atoms with Crippen LogP contribution < -0.4 is 5.32 Å². The van der Waals surface area contributed by atoms with Crippen molar-refractivity contribution in [2.45, 2.75) is 53.1 Å². The monoisotopic (exact) mass is 353 g/mol. The number of halogens is 2. The van der Waals surface area contributed by atoms with Crippen molar-refractivity contribution < 1.29 is 4.42 Å². The minimum absolute atomic E-state index is 0.0462. The molecule has 1 heterocycles. The SMILES string of the molecule is CC(C)(C)CC(C)(C)NCc1ccc(-c2cc(Cl)cc(Cl)c2)o1. The molecule has 0 amide bonds. The van der Waals surface area contributed by atoms with E-state index in [0.29, 0.717) is 16.6 Å². The summed E-state index contributed by atoms with van der Waals surface area (Å²) in [6.07, 6.45) is 1.08. The third kappa shape index (κ3) is 5.87. The van der Waals surface area contributed by atoms with Crippen LogP contribution in [0.1, 0.15) is 46.8 Å². The van der Waals surface area contributed by atoms with Crippen LogP contribution in [0.25, 0.3) is 11.3 Å². The Kier molecular flexibility index (Phi) is 5.50. The second-order valence-corrected chi connectivity index (χ2v) is 8.77. The molecule has 0 bridgehead atoms. The van der Waals surface area contributed by atoms with Gasteiger partial charge in [-0.15, -0.1) is 0 Å². The van der Waals surface area contributed by atoms with Crippen LogP contribution in [0.4, 0.5) is 0 Å². The topological polar surface area (TPSA) is 25.2 Å². The van der Waals surface area contributed by atoms with Crippen molar-refractivity contribution in [2.24, 2.45) is 5.41 Å². The van der Waals surface area contributed by atoms with Crippen molar-refractivity contribution >= 4 is 23.2 Å². The standard InChI is InChI=1S/C19H25Cl2NO/c1-18(2,3)12-19(4,5)22-11-16-6-7-17(23-16)13-8-14(20)10-15(21)9-13/h6-10,22H,11-12H2,1-5H3. The maximum Gasteiger partial charge on any atom is 0.134 e. The zero-order chi connectivity index (χ0) is 17.3. The van der Waals surface area contributed by atoms with Crippen LogP contribution in [0.3, 0.4) is 0 Å². The Bertz CT molecular complexity index is 648. The number of furan rings is 1. The Morgan fingerprint density at radius 3 is 2.13 bits per heavy atom. The van der Waals surface area contributed by atoms with E-state index in [1.54, 1.807) is 6.07 Å². The van der Waals surface area contributed by atoms with Crippen LogP contribution in [-0.4, -0.2) is 5.54 Å². The van der Waals surface area contributed by atoms with Gasteiger partial charge in [-0.2, -0.15) is 0 Å². The second-order valence-electron chi connectivity index (χ2n) is 7.90. The van der Waals surface area contributed by atoms with Crippen LogP contribution in [-0.2, 0) is 6.54 Å². The lowest BCUT2D eigenvalue weighted by atomic mass is 9.82. The number of rotatable bonds is 5. The average molecular weight is 354 g/mol. The predicted octanol–water partition coefficient (Wildman–Crippen LogP) is 6.56. The fraction of sp³-hybridized carbons (Fsp3) is 0.474. The fourth-order valence-electron chi connectivity index (χ4n) is 3.04. The maximum absolute atomic E-state index is 6.05. The van der Waals surface area contributed by atoms with E-state index < -0.39 is 0 Å². The number of hydrogen-bond acceptors (Lipinski definition) is 2. The van der Waals surface area contributed by atoms with Gasteiger partial charge in [-0.25, -0.2) is 0 Å². The van der Waals surface area contributed by atoms with Crippen LogP contribution in [0.5, 0.6) is 0 Å². The summed E-state index contributed by atoms with van der Waals surface area (Å²) < 4.78 is 5.93. The summed E-state index contributed by atoms with van der Waals surface area (Å²) >= 11 is 12.1. The molecule has 1 aromatic carbocycles. The smallest absolute Gasteiger partial charge is 0.134 e. The molecule has 23 heavy (non-hydrogen) atoms. The van der Waals surface area contributed by atoms with Crippen molar-refractivity contribution in [3.8, 4) is 11.3 Å². The van der Waals surface area contributed by atoms with Gasteiger partial charge in [-0.3, -0.25) is 0 Å². The van der Waals surface area contributed by atoms with Gasteiger partial charge in [-0.1, -0.05) is 44.0 Å². The molecule has 0 aliphatic rings. The number of benzene rings is 1. The van der Waals surface area contributed by atoms with Crippen LogP contribution in [0.15, 0.2) is 34.7 Å². The molecule has 1 N–H and O–H groups in total. The first kappa shape index (κ1) is 18.4. The van der Waals surface area contributed by atoms with E-state index >= 15 is 0 Å². The zero-order valence-corrected chi connectivity index (χ0v) is 16.0. The number of nitrogens with one attached hydrogen (secondary N) is 1. The fourth-order valence-corrected chi connectivity index (χ4v) is 3.56. The van der Waals surface area contributed by atoms with Gasteiger partial charge in [-0.05, 0) is 56.0 Å². The molecule has 0 unspecified atom stereocenters. The highest BCUT2D eigenvalue weighted by Crippen LogP contribution is 2.30. The summed E-state index contributed by atoms with van der Waals surface area (Å²) in [5.74, 6) is 1.68. The van der Waals surface area contributed by atoms with Crippen LogP contribution in [0.2, 0.25) is 10.0 Å². The molecule has 2 nitrogen and oxygen atoms in total. The Morgan fingerprint density at radius 1 is 0.957 bits per heavy atom. The van der Waals surface area contributed by atoms with Gasteiger partial charge < -0.3 is 9.73 Å². The molecule has 0 fully saturated rings. The Hall–Kier alpha value is -0.960. The molecule has 0 aliphatic carbocycles. The first-order valence-corrected chi connectivity index (χ1v) is 8.60. The normalized spacial score (nSPS) is 12.7. The molecule has 1 aromatic heterocycles. The predicted molar refractivity (Wildman–Crippen MR) is 99.2 cm³/mol.